The van der Waals surface area contributed by atoms with Gasteiger partial charge in [0.25, 0.3) is 0 Å². The summed E-state index contributed by atoms with van der Waals surface area (Å²) in [6.45, 7) is 0.329. The fourth-order valence-electron chi connectivity index (χ4n) is 3.86. The number of carbonyl (C=O) groups is 1. The van der Waals surface area contributed by atoms with Crippen LogP contribution >= 0.6 is 0 Å². The lowest BCUT2D eigenvalue weighted by molar-refractivity contribution is -0.153. The average Bonchev–Trinajstić information content (AvgIpc) is 3.19. The normalized spacial score (nSPS) is 12.5. The molecule has 2 heterocycles. The maximum atomic E-state index is 14.0. The van der Waals surface area contributed by atoms with Crippen LogP contribution in [0.15, 0.2) is 66.9 Å². The number of ether oxygens (including phenoxy) is 1. The molecule has 0 saturated carbocycles. The molecule has 2 aromatic carbocycles. The Bertz CT molecular complexity index is 1300. The van der Waals surface area contributed by atoms with Crippen molar-refractivity contribution in [3.8, 4) is 17.0 Å². The second-order valence-corrected chi connectivity index (χ2v) is 8.15. The third kappa shape index (κ3) is 6.17. The van der Waals surface area contributed by atoms with E-state index >= 15 is 0 Å². The molecule has 1 amide bonds. The number of aryl methyl sites for hydroxylation is 1. The van der Waals surface area contributed by atoms with Gasteiger partial charge < -0.3 is 15.0 Å². The largest absolute Gasteiger partial charge is 0.483 e. The number of hydrogen-bond acceptors (Lipinski definition) is 3. The first-order valence-electron chi connectivity index (χ1n) is 11.0. The molecule has 35 heavy (non-hydrogen) atoms. The van der Waals surface area contributed by atoms with Crippen molar-refractivity contribution in [2.45, 2.75) is 32.0 Å². The zero-order valence-electron chi connectivity index (χ0n) is 18.8. The number of benzene rings is 2. The van der Waals surface area contributed by atoms with Gasteiger partial charge >= 0.3 is 6.18 Å². The molecule has 0 aliphatic rings. The molecule has 2 N–H and O–H groups in total. The summed E-state index contributed by atoms with van der Waals surface area (Å²) in [6, 6.07) is 16.6. The summed E-state index contributed by atoms with van der Waals surface area (Å²) in [5.74, 6) is -0.602. The molecule has 182 valence electrons. The Morgan fingerprint density at radius 3 is 2.57 bits per heavy atom. The lowest BCUT2D eigenvalue weighted by Crippen LogP contribution is -2.27. The highest BCUT2D eigenvalue weighted by Gasteiger charge is 2.28. The maximum Gasteiger partial charge on any atom is 0.422 e. The van der Waals surface area contributed by atoms with Crippen LogP contribution in [0.2, 0.25) is 0 Å². The van der Waals surface area contributed by atoms with Crippen molar-refractivity contribution < 1.29 is 27.1 Å². The Hall–Kier alpha value is -3.88. The molecule has 0 unspecified atom stereocenters. The molecule has 0 fully saturated rings. The van der Waals surface area contributed by atoms with Gasteiger partial charge in [-0.05, 0) is 54.8 Å². The van der Waals surface area contributed by atoms with Crippen LogP contribution in [0, 0.1) is 5.82 Å². The molecule has 0 spiro atoms. The minimum Gasteiger partial charge on any atom is -0.483 e. The number of rotatable bonds is 8. The molecule has 0 saturated heterocycles. The van der Waals surface area contributed by atoms with E-state index in [1.54, 1.807) is 13.0 Å². The van der Waals surface area contributed by atoms with Crippen molar-refractivity contribution in [3.05, 3.63) is 83.9 Å². The number of aromatic nitrogens is 2. The summed E-state index contributed by atoms with van der Waals surface area (Å²) in [7, 11) is 0. The second kappa shape index (κ2) is 10.2. The van der Waals surface area contributed by atoms with Crippen LogP contribution in [0.25, 0.3) is 22.2 Å². The molecule has 5 nitrogen and oxygen atoms in total. The van der Waals surface area contributed by atoms with E-state index in [4.69, 9.17) is 0 Å². The maximum absolute atomic E-state index is 14.0. The van der Waals surface area contributed by atoms with Crippen molar-refractivity contribution in [1.82, 2.24) is 15.3 Å². The number of aromatic amines is 1. The van der Waals surface area contributed by atoms with Crippen LogP contribution in [-0.2, 0) is 11.2 Å². The first-order valence-corrected chi connectivity index (χ1v) is 11.0. The summed E-state index contributed by atoms with van der Waals surface area (Å²) >= 11 is 0. The molecule has 0 aliphatic heterocycles. The Morgan fingerprint density at radius 2 is 1.89 bits per heavy atom. The van der Waals surface area contributed by atoms with Gasteiger partial charge in [0, 0.05) is 23.0 Å². The molecule has 0 radical (unpaired) electrons. The van der Waals surface area contributed by atoms with E-state index in [9.17, 15) is 22.4 Å². The molecular weight excluding hydrogens is 462 g/mol. The Balaban J connectivity index is 1.43. The van der Waals surface area contributed by atoms with E-state index in [1.807, 2.05) is 30.3 Å². The number of H-pyrrole nitrogens is 1. The van der Waals surface area contributed by atoms with Gasteiger partial charge in [-0.2, -0.15) is 13.2 Å². The molecular formula is C26H23F4N3O2. The summed E-state index contributed by atoms with van der Waals surface area (Å²) in [4.78, 5) is 20.1. The van der Waals surface area contributed by atoms with Crippen LogP contribution in [0.5, 0.6) is 5.75 Å². The quantitative estimate of drug-likeness (QED) is 0.296. The van der Waals surface area contributed by atoms with Crippen LogP contribution in [0.4, 0.5) is 17.6 Å². The van der Waals surface area contributed by atoms with Gasteiger partial charge in [0.2, 0.25) is 5.91 Å². The van der Waals surface area contributed by atoms with Gasteiger partial charge in [0.15, 0.2) is 6.61 Å². The number of fused-ring (bicyclic) bond motifs is 1. The smallest absolute Gasteiger partial charge is 0.422 e. The van der Waals surface area contributed by atoms with E-state index in [2.05, 4.69) is 20.0 Å². The second-order valence-electron chi connectivity index (χ2n) is 8.15. The number of nitrogens with one attached hydrogen (secondary N) is 2. The number of hydrogen-bond donors (Lipinski definition) is 2. The van der Waals surface area contributed by atoms with Crippen LogP contribution in [-0.4, -0.2) is 28.7 Å². The molecule has 0 bridgehead atoms. The van der Waals surface area contributed by atoms with Crippen molar-refractivity contribution in [2.24, 2.45) is 0 Å². The van der Waals surface area contributed by atoms with Crippen LogP contribution in [0.3, 0.4) is 0 Å². The van der Waals surface area contributed by atoms with Gasteiger partial charge in [-0.15, -0.1) is 0 Å². The first kappa shape index (κ1) is 24.3. The van der Waals surface area contributed by atoms with Gasteiger partial charge in [0.1, 0.15) is 11.6 Å². The third-order valence-corrected chi connectivity index (χ3v) is 5.52. The number of nitrogens with zero attached hydrogens (tertiary/aromatic N) is 1. The van der Waals surface area contributed by atoms with Gasteiger partial charge in [-0.25, -0.2) is 4.39 Å². The van der Waals surface area contributed by atoms with Gasteiger partial charge in [0.05, 0.1) is 17.9 Å². The highest BCUT2D eigenvalue weighted by Crippen LogP contribution is 2.32. The Kier molecular flexibility index (Phi) is 7.04. The average molecular weight is 485 g/mol. The summed E-state index contributed by atoms with van der Waals surface area (Å²) in [6.07, 6.45) is -2.71. The van der Waals surface area contributed by atoms with Crippen molar-refractivity contribution in [2.75, 3.05) is 6.61 Å². The number of halogens is 4. The van der Waals surface area contributed by atoms with Crippen LogP contribution < -0.4 is 10.1 Å². The predicted octanol–water partition coefficient (Wildman–Crippen LogP) is 6.12. The molecule has 1 atom stereocenters. The number of amides is 1. The van der Waals surface area contributed by atoms with Gasteiger partial charge in [-0.1, -0.05) is 30.3 Å². The van der Waals surface area contributed by atoms with Gasteiger partial charge in [-0.3, -0.25) is 9.78 Å². The first-order chi connectivity index (χ1) is 16.7. The fourth-order valence-corrected chi connectivity index (χ4v) is 3.86. The topological polar surface area (TPSA) is 67.0 Å². The van der Waals surface area contributed by atoms with Crippen molar-refractivity contribution in [1.29, 1.82) is 0 Å². The summed E-state index contributed by atoms with van der Waals surface area (Å²) in [5, 5.41) is 3.57. The molecule has 0 aliphatic carbocycles. The zero-order valence-corrected chi connectivity index (χ0v) is 18.8. The number of carbonyl (C=O) groups excluding carboxylic acids is 1. The third-order valence-electron chi connectivity index (χ3n) is 5.52. The molecule has 4 rings (SSSR count). The van der Waals surface area contributed by atoms with E-state index < -0.39 is 18.8 Å². The highest BCUT2D eigenvalue weighted by atomic mass is 19.4. The number of alkyl halides is 3. The molecule has 2 aromatic heterocycles. The minimum absolute atomic E-state index is 0.00962. The van der Waals surface area contributed by atoms with Crippen molar-refractivity contribution in [3.63, 3.8) is 0 Å². The summed E-state index contributed by atoms with van der Waals surface area (Å²) < 4.78 is 55.5. The highest BCUT2D eigenvalue weighted by molar-refractivity contribution is 5.91. The molecule has 4 aromatic rings. The van der Waals surface area contributed by atoms with Crippen molar-refractivity contribution >= 4 is 16.8 Å². The SMILES string of the molecule is C[C@@H](NC(=O)CCc1c(-c2ccccc2)[nH]c2ccc(F)cc12)c1ccc(OCC(F)(F)F)cn1. The lowest BCUT2D eigenvalue weighted by Gasteiger charge is -2.15. The zero-order chi connectivity index (χ0) is 25.0. The monoisotopic (exact) mass is 485 g/mol. The Morgan fingerprint density at radius 1 is 1.11 bits per heavy atom. The minimum atomic E-state index is -4.43. The predicted molar refractivity (Wildman–Crippen MR) is 124 cm³/mol. The van der Waals surface area contributed by atoms with E-state index in [-0.39, 0.29) is 23.9 Å². The Labute approximate surface area is 199 Å². The van der Waals surface area contributed by atoms with Crippen LogP contribution in [0.1, 0.15) is 30.6 Å². The fraction of sp³-hybridized carbons (Fsp3) is 0.231. The molecule has 9 heteroatoms. The van der Waals surface area contributed by atoms with E-state index in [0.717, 1.165) is 27.7 Å². The standard InChI is InChI=1S/C26H23F4N3O2/c1-16(22-11-8-19(14-31-22)35-15-26(28,29)30)32-24(34)12-9-20-21-13-18(27)7-10-23(21)33-25(20)17-5-3-2-4-6-17/h2-8,10-11,13-14,16,33H,9,12,15H2,1H3,(H,32,34)/t16-/m1/s1. The number of pyridine rings is 1. The lowest BCUT2D eigenvalue weighted by atomic mass is 10.0. The van der Waals surface area contributed by atoms with E-state index in [0.29, 0.717) is 12.1 Å². The van der Waals surface area contributed by atoms with E-state index in [1.165, 1.54) is 30.5 Å². The summed E-state index contributed by atoms with van der Waals surface area (Å²) in [5.41, 5.74) is 3.88.